The molecule has 0 bridgehead atoms. The van der Waals surface area contributed by atoms with Gasteiger partial charge < -0.3 is 24.4 Å². The van der Waals surface area contributed by atoms with Crippen LogP contribution in [-0.4, -0.2) is 33.3 Å². The Kier molecular flexibility index (Phi) is 8.04. The van der Waals surface area contributed by atoms with Crippen molar-refractivity contribution in [2.75, 3.05) is 31.5 Å². The van der Waals surface area contributed by atoms with Crippen LogP contribution in [0.15, 0.2) is 59.6 Å². The summed E-state index contributed by atoms with van der Waals surface area (Å²) in [4.78, 5) is 17.9. The first-order chi connectivity index (χ1) is 19.3. The summed E-state index contributed by atoms with van der Waals surface area (Å²) in [6.07, 6.45) is -10.1. The Balaban J connectivity index is 2.01. The minimum Gasteiger partial charge on any atom is -0.495 e. The van der Waals surface area contributed by atoms with E-state index in [2.05, 4.69) is 10.3 Å². The highest BCUT2D eigenvalue weighted by Gasteiger charge is 2.39. The molecule has 0 saturated carbocycles. The number of guanidine groups is 1. The van der Waals surface area contributed by atoms with Crippen LogP contribution in [0.5, 0.6) is 11.5 Å². The molecule has 7 nitrogen and oxygen atoms in total. The fourth-order valence-electron chi connectivity index (χ4n) is 4.33. The Morgan fingerprint density at radius 3 is 2.10 bits per heavy atom. The van der Waals surface area contributed by atoms with E-state index in [0.717, 1.165) is 48.4 Å². The number of hydrogen-bond acceptors (Lipinski definition) is 7. The van der Waals surface area contributed by atoms with Crippen molar-refractivity contribution in [1.29, 1.82) is 0 Å². The predicted octanol–water partition coefficient (Wildman–Crippen LogP) is 7.10. The highest BCUT2D eigenvalue weighted by atomic mass is 19.4. The average Bonchev–Trinajstić information content (AvgIpc) is 2.92. The molecule has 0 amide bonds. The monoisotopic (exact) mass is 585 g/mol. The second kappa shape index (κ2) is 11.2. The molecule has 3 aromatic rings. The number of nitrogens with one attached hydrogen (secondary N) is 1. The third-order valence-corrected chi connectivity index (χ3v) is 6.26. The predicted molar refractivity (Wildman–Crippen MR) is 135 cm³/mol. The van der Waals surface area contributed by atoms with E-state index in [1.54, 1.807) is 0 Å². The number of hydrogen-bond donors (Lipinski definition) is 1. The number of carbonyl (C=O) groups excluding carboxylic acids is 1. The topological polar surface area (TPSA) is 72.4 Å². The molecule has 1 atom stereocenters. The van der Waals surface area contributed by atoms with Gasteiger partial charge in [0.15, 0.2) is 0 Å². The van der Waals surface area contributed by atoms with E-state index in [4.69, 9.17) is 14.2 Å². The first-order valence-corrected chi connectivity index (χ1v) is 11.8. The molecule has 0 radical (unpaired) electrons. The quantitative estimate of drug-likeness (QED) is 0.246. The van der Waals surface area contributed by atoms with E-state index < -0.39 is 53.7 Å². The molecule has 1 aliphatic rings. The highest BCUT2D eigenvalue weighted by molar-refractivity contribution is 6.10. The zero-order valence-corrected chi connectivity index (χ0v) is 21.7. The third kappa shape index (κ3) is 6.00. The number of alkyl halides is 6. The van der Waals surface area contributed by atoms with Crippen molar-refractivity contribution in [2.24, 2.45) is 4.99 Å². The van der Waals surface area contributed by atoms with Crippen molar-refractivity contribution in [3.8, 4) is 11.5 Å². The molecule has 1 heterocycles. The Morgan fingerprint density at radius 1 is 0.902 bits per heavy atom. The molecular formula is C27H22F7N3O4. The van der Waals surface area contributed by atoms with Gasteiger partial charge in [-0.2, -0.15) is 26.3 Å². The summed E-state index contributed by atoms with van der Waals surface area (Å²) in [6, 6.07) is 7.63. The number of esters is 1. The van der Waals surface area contributed by atoms with E-state index in [9.17, 15) is 31.1 Å². The Bertz CT molecular complexity index is 1490. The van der Waals surface area contributed by atoms with Gasteiger partial charge in [-0.1, -0.05) is 12.1 Å². The number of fused-ring (bicyclic) bond motifs is 1. The van der Waals surface area contributed by atoms with Gasteiger partial charge in [0, 0.05) is 5.56 Å². The molecule has 0 saturated heterocycles. The Morgan fingerprint density at radius 2 is 1.51 bits per heavy atom. The summed E-state index contributed by atoms with van der Waals surface area (Å²) in [5.41, 5.74) is -2.88. The SMILES string of the molecule is COC(=O)CC1c2cccc(F)c2N=C(Nc2cc(C(F)(F)F)ccc2OC)N1c1cc(C(F)(F)F)ccc1OC. The third-order valence-electron chi connectivity index (χ3n) is 6.26. The molecule has 0 fully saturated rings. The van der Waals surface area contributed by atoms with E-state index in [-0.39, 0.29) is 34.1 Å². The van der Waals surface area contributed by atoms with Crippen molar-refractivity contribution in [1.82, 2.24) is 0 Å². The van der Waals surface area contributed by atoms with Gasteiger partial charge in [-0.05, 0) is 42.5 Å². The van der Waals surface area contributed by atoms with E-state index >= 15 is 4.39 Å². The molecule has 1 N–H and O–H groups in total. The fourth-order valence-corrected chi connectivity index (χ4v) is 4.33. The number of carbonyl (C=O) groups is 1. The minimum absolute atomic E-state index is 0.0829. The van der Waals surface area contributed by atoms with Crippen LogP contribution in [0, 0.1) is 5.82 Å². The van der Waals surface area contributed by atoms with Crippen molar-refractivity contribution < 1.29 is 49.7 Å². The second-order valence-electron chi connectivity index (χ2n) is 8.70. The van der Waals surface area contributed by atoms with E-state index in [1.165, 1.54) is 26.4 Å². The van der Waals surface area contributed by atoms with Crippen LogP contribution in [0.2, 0.25) is 0 Å². The normalized spacial score (nSPS) is 15.1. The molecule has 0 aromatic heterocycles. The Labute approximate surface area is 229 Å². The van der Waals surface area contributed by atoms with E-state index in [0.29, 0.717) is 6.07 Å². The van der Waals surface area contributed by atoms with Crippen molar-refractivity contribution in [3.05, 3.63) is 77.1 Å². The maximum Gasteiger partial charge on any atom is 0.416 e. The van der Waals surface area contributed by atoms with Crippen LogP contribution in [-0.2, 0) is 21.9 Å². The lowest BCUT2D eigenvalue weighted by Crippen LogP contribution is -2.43. The Hall–Kier alpha value is -4.49. The first kappa shape index (κ1) is 29.5. The van der Waals surface area contributed by atoms with Crippen molar-refractivity contribution in [3.63, 3.8) is 0 Å². The average molecular weight is 585 g/mol. The minimum atomic E-state index is -4.80. The van der Waals surface area contributed by atoms with Crippen LogP contribution in [0.3, 0.4) is 0 Å². The molecule has 14 heteroatoms. The van der Waals surface area contributed by atoms with Crippen LogP contribution >= 0.6 is 0 Å². The van der Waals surface area contributed by atoms with E-state index in [1.807, 2.05) is 0 Å². The number of methoxy groups -OCH3 is 3. The number of anilines is 2. The molecular weight excluding hydrogens is 563 g/mol. The molecule has 218 valence electrons. The summed E-state index contributed by atoms with van der Waals surface area (Å²) >= 11 is 0. The molecule has 1 aliphatic heterocycles. The lowest BCUT2D eigenvalue weighted by molar-refractivity contribution is -0.141. The van der Waals surface area contributed by atoms with Crippen molar-refractivity contribution in [2.45, 2.75) is 24.8 Å². The number of nitrogens with zero attached hydrogens (tertiary/aromatic N) is 2. The number of ether oxygens (including phenoxy) is 3. The molecule has 1 unspecified atom stereocenters. The number of halogens is 7. The van der Waals surface area contributed by atoms with Crippen LogP contribution in [0.4, 0.5) is 47.8 Å². The van der Waals surface area contributed by atoms with Crippen molar-refractivity contribution >= 4 is 29.0 Å². The summed E-state index contributed by atoms with van der Waals surface area (Å²) < 4.78 is 112. The number of aliphatic imine (C=N–C) groups is 1. The van der Waals surface area contributed by atoms with Gasteiger partial charge in [0.25, 0.3) is 0 Å². The summed E-state index contributed by atoms with van der Waals surface area (Å²) in [7, 11) is 3.48. The zero-order chi connectivity index (χ0) is 30.1. The number of rotatable bonds is 6. The highest BCUT2D eigenvalue weighted by Crippen LogP contribution is 2.46. The van der Waals surface area contributed by atoms with Gasteiger partial charge in [-0.15, -0.1) is 0 Å². The maximum atomic E-state index is 15.0. The summed E-state index contributed by atoms with van der Waals surface area (Å²) in [5, 5.41) is 2.66. The number of benzene rings is 3. The smallest absolute Gasteiger partial charge is 0.416 e. The van der Waals surface area contributed by atoms with Gasteiger partial charge in [-0.3, -0.25) is 4.79 Å². The van der Waals surface area contributed by atoms with Crippen LogP contribution in [0.25, 0.3) is 0 Å². The molecule has 0 spiro atoms. The molecule has 4 rings (SSSR count). The molecule has 3 aromatic carbocycles. The zero-order valence-electron chi connectivity index (χ0n) is 21.7. The van der Waals surface area contributed by atoms with Gasteiger partial charge >= 0.3 is 18.3 Å². The molecule has 41 heavy (non-hydrogen) atoms. The lowest BCUT2D eigenvalue weighted by Gasteiger charge is -2.39. The van der Waals surface area contributed by atoms with Gasteiger partial charge in [0.2, 0.25) is 5.96 Å². The van der Waals surface area contributed by atoms with Gasteiger partial charge in [0.05, 0.1) is 56.3 Å². The lowest BCUT2D eigenvalue weighted by atomic mass is 9.97. The van der Waals surface area contributed by atoms with Gasteiger partial charge in [0.1, 0.15) is 23.0 Å². The fraction of sp³-hybridized carbons (Fsp3) is 0.259. The standard InChI is InChI=1S/C27H22F7N3O4/c1-39-21-9-7-14(26(29,30)31)11-18(21)35-25-36-24-16(5-4-6-17(24)28)19(13-23(38)41-3)37(25)20-12-15(27(32,33)34)8-10-22(20)40-2/h4-12,19H,13H2,1-3H3,(H,35,36). The number of para-hydroxylation sites is 1. The van der Waals surface area contributed by atoms with Gasteiger partial charge in [-0.25, -0.2) is 9.38 Å². The van der Waals surface area contributed by atoms with Crippen LogP contribution < -0.4 is 19.7 Å². The second-order valence-corrected chi connectivity index (χ2v) is 8.70. The maximum absolute atomic E-state index is 15.0. The summed E-state index contributed by atoms with van der Waals surface area (Å²) in [6.45, 7) is 0. The molecule has 0 aliphatic carbocycles. The largest absolute Gasteiger partial charge is 0.495 e. The summed E-state index contributed by atoms with van der Waals surface area (Å²) in [5.74, 6) is -2.24. The first-order valence-electron chi connectivity index (χ1n) is 11.8. The van der Waals surface area contributed by atoms with Crippen LogP contribution in [0.1, 0.15) is 29.2 Å².